The highest BCUT2D eigenvalue weighted by Gasteiger charge is 2.18. The molecule has 0 unspecified atom stereocenters. The molecule has 0 amide bonds. The molecule has 0 saturated heterocycles. The van der Waals surface area contributed by atoms with Crippen LogP contribution in [0.5, 0.6) is 17.2 Å². The predicted octanol–water partition coefficient (Wildman–Crippen LogP) is 2.24. The first kappa shape index (κ1) is 15.9. The van der Waals surface area contributed by atoms with Crippen molar-refractivity contribution in [3.63, 3.8) is 0 Å². The Morgan fingerprint density at radius 2 is 1.95 bits per heavy atom. The summed E-state index contributed by atoms with van der Waals surface area (Å²) in [5, 5.41) is 3.42. The van der Waals surface area contributed by atoms with Crippen LogP contribution in [0, 0.1) is 0 Å². The van der Waals surface area contributed by atoms with Gasteiger partial charge in [0.2, 0.25) is 6.79 Å². The fraction of sp³-hybridized carbons (Fsp3) is 0.625. The van der Waals surface area contributed by atoms with Crippen LogP contribution in [0.1, 0.15) is 25.8 Å². The van der Waals surface area contributed by atoms with Crippen LogP contribution in [0.4, 0.5) is 0 Å². The monoisotopic (exact) mass is 294 g/mol. The molecule has 0 saturated carbocycles. The number of benzene rings is 1. The first-order chi connectivity index (χ1) is 10.1. The molecule has 2 rings (SSSR count). The molecule has 5 heteroatoms. The Labute approximate surface area is 127 Å². The van der Waals surface area contributed by atoms with Crippen LogP contribution in [0.15, 0.2) is 12.1 Å². The van der Waals surface area contributed by atoms with Crippen LogP contribution in [-0.2, 0) is 6.54 Å². The van der Waals surface area contributed by atoms with Gasteiger partial charge in [0.1, 0.15) is 5.75 Å². The number of ether oxygens (including phenoxy) is 3. The molecule has 1 aliphatic heterocycles. The summed E-state index contributed by atoms with van der Waals surface area (Å²) in [7, 11) is 4.14. The lowest BCUT2D eigenvalue weighted by Gasteiger charge is -2.15. The summed E-state index contributed by atoms with van der Waals surface area (Å²) in [6.07, 6.45) is 0.999. The molecule has 21 heavy (non-hydrogen) atoms. The Kier molecular flexibility index (Phi) is 5.70. The molecule has 0 aliphatic carbocycles. The van der Waals surface area contributed by atoms with Crippen molar-refractivity contribution in [2.45, 2.75) is 32.9 Å². The molecule has 1 aliphatic rings. The van der Waals surface area contributed by atoms with Crippen LogP contribution in [0.2, 0.25) is 0 Å². The number of rotatable bonds is 8. The van der Waals surface area contributed by atoms with Gasteiger partial charge in [-0.15, -0.1) is 0 Å². The molecule has 0 atom stereocenters. The summed E-state index contributed by atoms with van der Waals surface area (Å²) in [4.78, 5) is 2.16. The highest BCUT2D eigenvalue weighted by molar-refractivity contribution is 5.51. The molecule has 0 aromatic heterocycles. The Hall–Kier alpha value is -1.46. The van der Waals surface area contributed by atoms with Crippen LogP contribution >= 0.6 is 0 Å². The molecule has 0 bridgehead atoms. The van der Waals surface area contributed by atoms with E-state index >= 15 is 0 Å². The van der Waals surface area contributed by atoms with E-state index < -0.39 is 0 Å². The third-order valence-corrected chi connectivity index (χ3v) is 3.26. The first-order valence-corrected chi connectivity index (χ1v) is 7.49. The fourth-order valence-corrected chi connectivity index (χ4v) is 2.11. The molecule has 0 radical (unpaired) electrons. The largest absolute Gasteiger partial charge is 0.493 e. The van der Waals surface area contributed by atoms with Crippen LogP contribution in [0.3, 0.4) is 0 Å². The second-order valence-electron chi connectivity index (χ2n) is 5.85. The molecular weight excluding hydrogens is 268 g/mol. The van der Waals surface area contributed by atoms with Gasteiger partial charge in [-0.05, 0) is 26.6 Å². The van der Waals surface area contributed by atoms with Gasteiger partial charge in [0.15, 0.2) is 11.5 Å². The summed E-state index contributed by atoms with van der Waals surface area (Å²) in [5.41, 5.74) is 1.11. The minimum absolute atomic E-state index is 0.288. The Bertz CT molecular complexity index is 461. The van der Waals surface area contributed by atoms with Crippen LogP contribution < -0.4 is 19.5 Å². The van der Waals surface area contributed by atoms with Crippen molar-refractivity contribution in [3.05, 3.63) is 17.7 Å². The van der Waals surface area contributed by atoms with E-state index in [-0.39, 0.29) is 6.79 Å². The van der Waals surface area contributed by atoms with Crippen LogP contribution in [-0.4, -0.2) is 45.0 Å². The van der Waals surface area contributed by atoms with Gasteiger partial charge in [-0.3, -0.25) is 0 Å². The number of hydrogen-bond acceptors (Lipinski definition) is 5. The topological polar surface area (TPSA) is 43.0 Å². The highest BCUT2D eigenvalue weighted by atomic mass is 16.7. The van der Waals surface area contributed by atoms with Gasteiger partial charge in [0.25, 0.3) is 0 Å². The van der Waals surface area contributed by atoms with E-state index in [0.717, 1.165) is 42.3 Å². The Morgan fingerprint density at radius 1 is 1.24 bits per heavy atom. The van der Waals surface area contributed by atoms with Crippen molar-refractivity contribution >= 4 is 0 Å². The van der Waals surface area contributed by atoms with Gasteiger partial charge in [0.05, 0.1) is 6.61 Å². The maximum atomic E-state index is 5.94. The molecule has 118 valence electrons. The standard InChI is InChI=1S/C16H26N2O3/c1-12(2)17-10-13-8-15-16(21-11-20-15)9-14(13)19-7-5-6-18(3)4/h8-9,12,17H,5-7,10-11H2,1-4H3. The van der Waals surface area contributed by atoms with E-state index in [2.05, 4.69) is 38.2 Å². The summed E-state index contributed by atoms with van der Waals surface area (Å²) >= 11 is 0. The Balaban J connectivity index is 2.02. The third kappa shape index (κ3) is 4.79. The summed E-state index contributed by atoms with van der Waals surface area (Å²) in [5.74, 6) is 2.45. The second-order valence-corrected chi connectivity index (χ2v) is 5.85. The van der Waals surface area contributed by atoms with Crippen molar-refractivity contribution in [2.24, 2.45) is 0 Å². The number of nitrogens with one attached hydrogen (secondary N) is 1. The minimum Gasteiger partial charge on any atom is -0.493 e. The lowest BCUT2D eigenvalue weighted by Crippen LogP contribution is -2.22. The number of fused-ring (bicyclic) bond motifs is 1. The fourth-order valence-electron chi connectivity index (χ4n) is 2.11. The molecule has 1 aromatic rings. The van der Waals surface area contributed by atoms with E-state index in [1.165, 1.54) is 0 Å². The van der Waals surface area contributed by atoms with Crippen molar-refractivity contribution < 1.29 is 14.2 Å². The first-order valence-electron chi connectivity index (χ1n) is 7.49. The van der Waals surface area contributed by atoms with Gasteiger partial charge in [-0.1, -0.05) is 13.8 Å². The second kappa shape index (κ2) is 7.52. The van der Waals surface area contributed by atoms with Crippen LogP contribution in [0.25, 0.3) is 0 Å². The van der Waals surface area contributed by atoms with Gasteiger partial charge in [-0.25, -0.2) is 0 Å². The van der Waals surface area contributed by atoms with E-state index in [0.29, 0.717) is 12.6 Å². The Morgan fingerprint density at radius 3 is 2.62 bits per heavy atom. The van der Waals surface area contributed by atoms with Crippen molar-refractivity contribution in [1.29, 1.82) is 0 Å². The smallest absolute Gasteiger partial charge is 0.231 e. The normalized spacial score (nSPS) is 13.2. The summed E-state index contributed by atoms with van der Waals surface area (Å²) in [6, 6.07) is 4.38. The lowest BCUT2D eigenvalue weighted by atomic mass is 10.1. The molecule has 0 fully saturated rings. The number of nitrogens with zero attached hydrogens (tertiary/aromatic N) is 1. The molecular formula is C16H26N2O3. The molecule has 1 N–H and O–H groups in total. The minimum atomic E-state index is 0.288. The molecule has 0 spiro atoms. The quantitative estimate of drug-likeness (QED) is 0.745. The van der Waals surface area contributed by atoms with E-state index in [1.54, 1.807) is 0 Å². The van der Waals surface area contributed by atoms with Crippen molar-refractivity contribution in [1.82, 2.24) is 10.2 Å². The lowest BCUT2D eigenvalue weighted by molar-refractivity contribution is 0.173. The summed E-state index contributed by atoms with van der Waals surface area (Å²) < 4.78 is 16.8. The van der Waals surface area contributed by atoms with Crippen molar-refractivity contribution in [3.8, 4) is 17.2 Å². The van der Waals surface area contributed by atoms with Crippen molar-refractivity contribution in [2.75, 3.05) is 34.0 Å². The van der Waals surface area contributed by atoms with Gasteiger partial charge in [-0.2, -0.15) is 0 Å². The molecule has 1 heterocycles. The van der Waals surface area contributed by atoms with Gasteiger partial charge < -0.3 is 24.4 Å². The zero-order valence-electron chi connectivity index (χ0n) is 13.4. The predicted molar refractivity (Wildman–Crippen MR) is 83.2 cm³/mol. The van der Waals surface area contributed by atoms with E-state index in [1.807, 2.05) is 12.1 Å². The van der Waals surface area contributed by atoms with E-state index in [9.17, 15) is 0 Å². The SMILES string of the molecule is CC(C)NCc1cc2c(cc1OCCCN(C)C)OCO2. The zero-order chi connectivity index (χ0) is 15.2. The third-order valence-electron chi connectivity index (χ3n) is 3.26. The highest BCUT2D eigenvalue weighted by Crippen LogP contribution is 2.38. The maximum Gasteiger partial charge on any atom is 0.231 e. The van der Waals surface area contributed by atoms with E-state index in [4.69, 9.17) is 14.2 Å². The maximum absolute atomic E-state index is 5.94. The van der Waals surface area contributed by atoms with Gasteiger partial charge in [0, 0.05) is 30.8 Å². The summed E-state index contributed by atoms with van der Waals surface area (Å²) in [6.45, 7) is 7.03. The molecule has 5 nitrogen and oxygen atoms in total. The number of hydrogen-bond donors (Lipinski definition) is 1. The average Bonchev–Trinajstić information content (AvgIpc) is 2.87. The zero-order valence-corrected chi connectivity index (χ0v) is 13.4. The molecule has 1 aromatic carbocycles. The van der Waals surface area contributed by atoms with Gasteiger partial charge >= 0.3 is 0 Å². The average molecular weight is 294 g/mol.